The molecule has 2 fully saturated rings. The molecule has 3 aromatic rings. The van der Waals surface area contributed by atoms with Gasteiger partial charge in [-0.3, -0.25) is 9.59 Å². The fraction of sp³-hybridized carbons (Fsp3) is 0.414. The molecule has 1 saturated carbocycles. The lowest BCUT2D eigenvalue weighted by Crippen LogP contribution is -2.41. The first kappa shape index (κ1) is 24.6. The number of hydrogen-bond donors (Lipinski definition) is 1. The third kappa shape index (κ3) is 5.29. The molecule has 0 bridgehead atoms. The average molecular weight is 520 g/mol. The fourth-order valence-corrected chi connectivity index (χ4v) is 5.25. The molecular weight excluding hydrogens is 489 g/mol. The predicted octanol–water partition coefficient (Wildman–Crippen LogP) is 4.19. The van der Waals surface area contributed by atoms with Crippen molar-refractivity contribution in [3.05, 3.63) is 82.8 Å². The van der Waals surface area contributed by atoms with Crippen molar-refractivity contribution < 1.29 is 27.9 Å². The third-order valence-electron chi connectivity index (χ3n) is 7.38. The van der Waals surface area contributed by atoms with Crippen LogP contribution in [0.4, 0.5) is 4.39 Å². The number of aromatic nitrogens is 1. The Kier molecular flexibility index (Phi) is 6.84. The summed E-state index contributed by atoms with van der Waals surface area (Å²) in [4.78, 5) is 31.7. The summed E-state index contributed by atoms with van der Waals surface area (Å²) in [6, 6.07) is 11.8. The molecule has 9 heteroatoms. The van der Waals surface area contributed by atoms with Crippen molar-refractivity contribution in [1.82, 2.24) is 15.2 Å². The van der Waals surface area contributed by atoms with E-state index in [-0.39, 0.29) is 53.9 Å². The van der Waals surface area contributed by atoms with Crippen LogP contribution >= 0.6 is 0 Å². The van der Waals surface area contributed by atoms with E-state index in [1.165, 1.54) is 18.4 Å². The molecule has 8 nitrogen and oxygen atoms in total. The maximum absolute atomic E-state index is 14.2. The molecule has 2 aromatic carbocycles. The summed E-state index contributed by atoms with van der Waals surface area (Å²) in [6.07, 6.45) is 5.85. The van der Waals surface area contributed by atoms with Crippen LogP contribution < -0.4 is 10.1 Å². The Morgan fingerprint density at radius 1 is 1.16 bits per heavy atom. The topological polar surface area (TPSA) is 93.9 Å². The SMILES string of the molecule is O=C(NC[C@H]1CCCO1)c1coc(COc2ccc3c(c2)[C@@H](c2cccc(F)c2)N(C(=O)C2CC2)CC3)n1. The van der Waals surface area contributed by atoms with Crippen molar-refractivity contribution in [1.29, 1.82) is 0 Å². The summed E-state index contributed by atoms with van der Waals surface area (Å²) in [5.74, 6) is 0.393. The second-order valence-electron chi connectivity index (χ2n) is 10.1. The Morgan fingerprint density at radius 2 is 2.05 bits per heavy atom. The molecule has 1 N–H and O–H groups in total. The molecule has 198 valence electrons. The summed E-state index contributed by atoms with van der Waals surface area (Å²) in [5.41, 5.74) is 2.96. The van der Waals surface area contributed by atoms with Crippen molar-refractivity contribution in [3.8, 4) is 5.75 Å². The van der Waals surface area contributed by atoms with Gasteiger partial charge in [0.05, 0.1) is 12.1 Å². The van der Waals surface area contributed by atoms with Crippen LogP contribution in [0.1, 0.15) is 64.8 Å². The van der Waals surface area contributed by atoms with Gasteiger partial charge in [-0.25, -0.2) is 9.37 Å². The van der Waals surface area contributed by atoms with Gasteiger partial charge < -0.3 is 24.1 Å². The van der Waals surface area contributed by atoms with Crippen LogP contribution in [0.3, 0.4) is 0 Å². The molecule has 6 rings (SSSR count). The number of halogens is 1. The number of benzene rings is 2. The molecule has 0 radical (unpaired) electrons. The van der Waals surface area contributed by atoms with Gasteiger partial charge in [0, 0.05) is 25.6 Å². The van der Waals surface area contributed by atoms with Crippen LogP contribution in [0.2, 0.25) is 0 Å². The smallest absolute Gasteiger partial charge is 0.273 e. The lowest BCUT2D eigenvalue weighted by atomic mass is 9.87. The molecule has 1 saturated heterocycles. The highest BCUT2D eigenvalue weighted by atomic mass is 19.1. The van der Waals surface area contributed by atoms with E-state index in [1.54, 1.807) is 6.07 Å². The highest BCUT2D eigenvalue weighted by Crippen LogP contribution is 2.41. The number of rotatable bonds is 8. The normalized spacial score (nSPS) is 20.7. The van der Waals surface area contributed by atoms with Crippen LogP contribution in [0.15, 0.2) is 53.1 Å². The molecule has 1 aromatic heterocycles. The van der Waals surface area contributed by atoms with Crippen LogP contribution in [-0.4, -0.2) is 47.5 Å². The third-order valence-corrected chi connectivity index (χ3v) is 7.38. The Balaban J connectivity index is 1.17. The molecule has 2 atom stereocenters. The minimum absolute atomic E-state index is 0.0349. The van der Waals surface area contributed by atoms with E-state index in [9.17, 15) is 14.0 Å². The standard InChI is InChI=1S/C29H30FN3O5/c30-21-4-1-3-20(13-21)27-24-14-22(9-8-18(24)10-11-33(27)29(35)19-6-7-19)37-17-26-32-25(16-38-26)28(34)31-15-23-5-2-12-36-23/h1,3-4,8-9,13-14,16,19,23,27H,2,5-7,10-12,15,17H2,(H,31,34)/t23-,27-/m1/s1. The highest BCUT2D eigenvalue weighted by molar-refractivity contribution is 5.91. The summed E-state index contributed by atoms with van der Waals surface area (Å²) in [7, 11) is 0. The first-order valence-electron chi connectivity index (χ1n) is 13.2. The fourth-order valence-electron chi connectivity index (χ4n) is 5.25. The van der Waals surface area contributed by atoms with Gasteiger partial charge in [0.2, 0.25) is 11.8 Å². The number of carbonyl (C=O) groups excluding carboxylic acids is 2. The zero-order valence-corrected chi connectivity index (χ0v) is 21.0. The quantitative estimate of drug-likeness (QED) is 0.480. The Bertz CT molecular complexity index is 1330. The molecule has 2 amide bonds. The van der Waals surface area contributed by atoms with E-state index in [0.29, 0.717) is 18.8 Å². The van der Waals surface area contributed by atoms with Crippen LogP contribution in [0.25, 0.3) is 0 Å². The lowest BCUT2D eigenvalue weighted by Gasteiger charge is -2.38. The molecule has 38 heavy (non-hydrogen) atoms. The molecule has 3 heterocycles. The molecule has 2 aliphatic heterocycles. The van der Waals surface area contributed by atoms with E-state index >= 15 is 0 Å². The van der Waals surface area contributed by atoms with Gasteiger partial charge in [-0.15, -0.1) is 0 Å². The maximum Gasteiger partial charge on any atom is 0.273 e. The van der Waals surface area contributed by atoms with E-state index in [0.717, 1.165) is 55.4 Å². The lowest BCUT2D eigenvalue weighted by molar-refractivity contribution is -0.134. The summed E-state index contributed by atoms with van der Waals surface area (Å²) in [6.45, 7) is 1.80. The largest absolute Gasteiger partial charge is 0.484 e. The van der Waals surface area contributed by atoms with Gasteiger partial charge in [0.15, 0.2) is 12.3 Å². The number of amides is 2. The number of fused-ring (bicyclic) bond motifs is 1. The summed E-state index contributed by atoms with van der Waals surface area (Å²) >= 11 is 0. The molecular formula is C29H30FN3O5. The van der Waals surface area contributed by atoms with Crippen LogP contribution in [-0.2, 0) is 22.6 Å². The first-order valence-corrected chi connectivity index (χ1v) is 13.2. The Morgan fingerprint density at radius 3 is 2.84 bits per heavy atom. The van der Waals surface area contributed by atoms with Gasteiger partial charge in [-0.2, -0.15) is 0 Å². The van der Waals surface area contributed by atoms with Crippen molar-refractivity contribution >= 4 is 11.8 Å². The minimum atomic E-state index is -0.382. The number of oxazole rings is 1. The highest BCUT2D eigenvalue weighted by Gasteiger charge is 2.39. The van der Waals surface area contributed by atoms with E-state index in [2.05, 4.69) is 10.3 Å². The number of nitrogens with zero attached hydrogens (tertiary/aromatic N) is 2. The van der Waals surface area contributed by atoms with Gasteiger partial charge in [0.25, 0.3) is 5.91 Å². The Hall–Kier alpha value is -3.72. The van der Waals surface area contributed by atoms with Crippen molar-refractivity contribution in [2.75, 3.05) is 19.7 Å². The molecule has 3 aliphatic rings. The van der Waals surface area contributed by atoms with Gasteiger partial charge in [0.1, 0.15) is 17.8 Å². The summed E-state index contributed by atoms with van der Waals surface area (Å²) in [5, 5.41) is 2.83. The summed E-state index contributed by atoms with van der Waals surface area (Å²) < 4.78 is 31.1. The molecule has 0 spiro atoms. The second kappa shape index (κ2) is 10.6. The number of ether oxygens (including phenoxy) is 2. The van der Waals surface area contributed by atoms with Crippen molar-refractivity contribution in [3.63, 3.8) is 0 Å². The van der Waals surface area contributed by atoms with Crippen molar-refractivity contribution in [2.24, 2.45) is 5.92 Å². The minimum Gasteiger partial charge on any atom is -0.484 e. The van der Waals surface area contributed by atoms with E-state index in [1.807, 2.05) is 29.2 Å². The monoisotopic (exact) mass is 519 g/mol. The molecule has 0 unspecified atom stereocenters. The van der Waals surface area contributed by atoms with E-state index < -0.39 is 0 Å². The average Bonchev–Trinajstić information content (AvgIpc) is 3.44. The second-order valence-corrected chi connectivity index (χ2v) is 10.1. The predicted molar refractivity (Wildman–Crippen MR) is 135 cm³/mol. The Labute approximate surface area is 220 Å². The zero-order chi connectivity index (χ0) is 26.1. The van der Waals surface area contributed by atoms with E-state index in [4.69, 9.17) is 13.9 Å². The zero-order valence-electron chi connectivity index (χ0n) is 21.0. The van der Waals surface area contributed by atoms with Gasteiger partial charge in [-0.1, -0.05) is 18.2 Å². The number of hydrogen-bond acceptors (Lipinski definition) is 6. The maximum atomic E-state index is 14.2. The first-order chi connectivity index (χ1) is 18.5. The van der Waals surface area contributed by atoms with Gasteiger partial charge >= 0.3 is 0 Å². The molecule has 1 aliphatic carbocycles. The van der Waals surface area contributed by atoms with Crippen LogP contribution in [0.5, 0.6) is 5.75 Å². The number of carbonyl (C=O) groups is 2. The van der Waals surface area contributed by atoms with Crippen molar-refractivity contribution in [2.45, 2.75) is 50.9 Å². The number of nitrogens with one attached hydrogen (secondary N) is 1. The van der Waals surface area contributed by atoms with Crippen LogP contribution in [0, 0.1) is 11.7 Å². The van der Waals surface area contributed by atoms with Gasteiger partial charge in [-0.05, 0) is 73.1 Å².